The van der Waals surface area contributed by atoms with Crippen molar-refractivity contribution in [3.63, 3.8) is 0 Å². The van der Waals surface area contributed by atoms with Crippen molar-refractivity contribution >= 4 is 23.0 Å². The summed E-state index contributed by atoms with van der Waals surface area (Å²) in [5.41, 5.74) is 3.64. The third-order valence-corrected chi connectivity index (χ3v) is 4.62. The standard InChI is InChI=1S/C20H26N4O/c1-3-15(2)22-20(25)16-12-18(14-21-13-16)23-17-6-8-19(9-7-17)24-10-4-5-11-24/h6-9,12-15,23H,3-5,10-11H2,1-2H3,(H,22,25). The molecule has 3 rings (SSSR count). The van der Waals surface area contributed by atoms with Crippen molar-refractivity contribution in [2.45, 2.75) is 39.2 Å². The topological polar surface area (TPSA) is 57.3 Å². The van der Waals surface area contributed by atoms with Gasteiger partial charge in [-0.2, -0.15) is 0 Å². The Kier molecular flexibility index (Phi) is 5.53. The number of rotatable bonds is 6. The van der Waals surface area contributed by atoms with Crippen LogP contribution in [0.3, 0.4) is 0 Å². The molecule has 1 amide bonds. The number of amides is 1. The Bertz CT molecular complexity index is 708. The Morgan fingerprint density at radius 2 is 1.88 bits per heavy atom. The van der Waals surface area contributed by atoms with Gasteiger partial charge in [0.2, 0.25) is 0 Å². The Morgan fingerprint density at radius 3 is 2.56 bits per heavy atom. The minimum atomic E-state index is -0.0881. The number of aromatic nitrogens is 1. The van der Waals surface area contributed by atoms with Crippen LogP contribution in [0.4, 0.5) is 17.1 Å². The van der Waals surface area contributed by atoms with Gasteiger partial charge >= 0.3 is 0 Å². The van der Waals surface area contributed by atoms with Gasteiger partial charge in [0, 0.05) is 36.7 Å². The lowest BCUT2D eigenvalue weighted by Gasteiger charge is -2.18. The van der Waals surface area contributed by atoms with Gasteiger partial charge < -0.3 is 15.5 Å². The van der Waals surface area contributed by atoms with E-state index in [2.05, 4.69) is 44.8 Å². The van der Waals surface area contributed by atoms with Gasteiger partial charge in [0.25, 0.3) is 5.91 Å². The molecule has 132 valence electrons. The summed E-state index contributed by atoms with van der Waals surface area (Å²) in [7, 11) is 0. The fourth-order valence-electron chi connectivity index (χ4n) is 2.94. The molecule has 1 unspecified atom stereocenters. The molecule has 1 aromatic heterocycles. The average Bonchev–Trinajstić information content (AvgIpc) is 3.17. The molecule has 2 N–H and O–H groups in total. The van der Waals surface area contributed by atoms with Crippen LogP contribution in [-0.4, -0.2) is 30.0 Å². The van der Waals surface area contributed by atoms with Crippen molar-refractivity contribution < 1.29 is 4.79 Å². The molecule has 1 aromatic carbocycles. The van der Waals surface area contributed by atoms with Gasteiger partial charge in [-0.05, 0) is 56.5 Å². The van der Waals surface area contributed by atoms with Gasteiger partial charge in [-0.1, -0.05) is 6.92 Å². The number of carbonyl (C=O) groups is 1. The van der Waals surface area contributed by atoms with E-state index in [4.69, 9.17) is 0 Å². The van der Waals surface area contributed by atoms with Crippen molar-refractivity contribution in [2.75, 3.05) is 23.3 Å². The van der Waals surface area contributed by atoms with Crippen LogP contribution in [0.5, 0.6) is 0 Å². The predicted molar refractivity (Wildman–Crippen MR) is 103 cm³/mol. The maximum atomic E-state index is 12.2. The van der Waals surface area contributed by atoms with E-state index in [0.717, 1.165) is 30.9 Å². The van der Waals surface area contributed by atoms with Crippen LogP contribution < -0.4 is 15.5 Å². The van der Waals surface area contributed by atoms with Crippen LogP contribution in [0, 0.1) is 0 Å². The summed E-state index contributed by atoms with van der Waals surface area (Å²) >= 11 is 0. The van der Waals surface area contributed by atoms with E-state index in [0.29, 0.717) is 5.56 Å². The van der Waals surface area contributed by atoms with Crippen molar-refractivity contribution in [3.05, 3.63) is 48.3 Å². The second-order valence-electron chi connectivity index (χ2n) is 6.61. The van der Waals surface area contributed by atoms with Crippen LogP contribution in [0.2, 0.25) is 0 Å². The Labute approximate surface area is 149 Å². The molecule has 1 aliphatic rings. The number of pyridine rings is 1. The number of carbonyl (C=O) groups excluding carboxylic acids is 1. The molecular formula is C20H26N4O. The largest absolute Gasteiger partial charge is 0.372 e. The quantitative estimate of drug-likeness (QED) is 0.837. The van der Waals surface area contributed by atoms with E-state index in [1.807, 2.05) is 19.9 Å². The van der Waals surface area contributed by atoms with E-state index < -0.39 is 0 Å². The fraction of sp³-hybridized carbons (Fsp3) is 0.400. The summed E-state index contributed by atoms with van der Waals surface area (Å²) in [4.78, 5) is 18.8. The minimum absolute atomic E-state index is 0.0881. The molecule has 1 atom stereocenters. The van der Waals surface area contributed by atoms with Gasteiger partial charge in [-0.15, -0.1) is 0 Å². The van der Waals surface area contributed by atoms with Gasteiger partial charge in [-0.25, -0.2) is 0 Å². The first-order valence-electron chi connectivity index (χ1n) is 9.03. The number of hydrogen-bond acceptors (Lipinski definition) is 4. The molecule has 5 heteroatoms. The highest BCUT2D eigenvalue weighted by Gasteiger charge is 2.12. The lowest BCUT2D eigenvalue weighted by atomic mass is 10.2. The monoisotopic (exact) mass is 338 g/mol. The molecule has 1 fully saturated rings. The Balaban J connectivity index is 1.66. The normalized spacial score (nSPS) is 15.0. The maximum absolute atomic E-state index is 12.2. The summed E-state index contributed by atoms with van der Waals surface area (Å²) in [6, 6.07) is 10.4. The lowest BCUT2D eigenvalue weighted by Crippen LogP contribution is -2.31. The number of nitrogens with one attached hydrogen (secondary N) is 2. The van der Waals surface area contributed by atoms with E-state index in [-0.39, 0.29) is 11.9 Å². The maximum Gasteiger partial charge on any atom is 0.253 e. The smallest absolute Gasteiger partial charge is 0.253 e. The van der Waals surface area contributed by atoms with Crippen molar-refractivity contribution in [1.29, 1.82) is 0 Å². The summed E-state index contributed by atoms with van der Waals surface area (Å²) in [6.45, 7) is 6.33. The second-order valence-corrected chi connectivity index (χ2v) is 6.61. The van der Waals surface area contributed by atoms with Crippen LogP contribution in [0.1, 0.15) is 43.5 Å². The summed E-state index contributed by atoms with van der Waals surface area (Å²) in [5.74, 6) is -0.0881. The van der Waals surface area contributed by atoms with E-state index in [1.54, 1.807) is 12.4 Å². The highest BCUT2D eigenvalue weighted by Crippen LogP contribution is 2.24. The van der Waals surface area contributed by atoms with E-state index in [9.17, 15) is 4.79 Å². The minimum Gasteiger partial charge on any atom is -0.372 e. The zero-order chi connectivity index (χ0) is 17.6. The first kappa shape index (κ1) is 17.3. The number of anilines is 3. The molecule has 0 spiro atoms. The lowest BCUT2D eigenvalue weighted by molar-refractivity contribution is 0.0939. The third kappa shape index (κ3) is 4.50. The highest BCUT2D eigenvalue weighted by atomic mass is 16.1. The van der Waals surface area contributed by atoms with Gasteiger partial charge in [0.1, 0.15) is 0 Å². The first-order valence-corrected chi connectivity index (χ1v) is 9.03. The molecule has 0 saturated carbocycles. The van der Waals surface area contributed by atoms with Crippen LogP contribution >= 0.6 is 0 Å². The molecule has 2 heterocycles. The predicted octanol–water partition coefficient (Wildman–Crippen LogP) is 3.95. The third-order valence-electron chi connectivity index (χ3n) is 4.62. The first-order chi connectivity index (χ1) is 12.2. The molecule has 25 heavy (non-hydrogen) atoms. The summed E-state index contributed by atoms with van der Waals surface area (Å²) in [6.07, 6.45) is 6.78. The molecular weight excluding hydrogens is 312 g/mol. The molecule has 0 aliphatic carbocycles. The molecule has 1 saturated heterocycles. The van der Waals surface area contributed by atoms with Crippen LogP contribution in [-0.2, 0) is 0 Å². The number of nitrogens with zero attached hydrogens (tertiary/aromatic N) is 2. The molecule has 2 aromatic rings. The average molecular weight is 338 g/mol. The highest BCUT2D eigenvalue weighted by molar-refractivity contribution is 5.95. The Hall–Kier alpha value is -2.56. The van der Waals surface area contributed by atoms with Crippen molar-refractivity contribution in [3.8, 4) is 0 Å². The van der Waals surface area contributed by atoms with Gasteiger partial charge in [0.05, 0.1) is 17.4 Å². The zero-order valence-electron chi connectivity index (χ0n) is 15.0. The SMILES string of the molecule is CCC(C)NC(=O)c1cncc(Nc2ccc(N3CCCC3)cc2)c1. The summed E-state index contributed by atoms with van der Waals surface area (Å²) < 4.78 is 0. The van der Waals surface area contributed by atoms with E-state index in [1.165, 1.54) is 18.5 Å². The molecule has 5 nitrogen and oxygen atoms in total. The van der Waals surface area contributed by atoms with Crippen molar-refractivity contribution in [2.24, 2.45) is 0 Å². The number of benzene rings is 1. The molecule has 1 aliphatic heterocycles. The van der Waals surface area contributed by atoms with Crippen LogP contribution in [0.25, 0.3) is 0 Å². The molecule has 0 bridgehead atoms. The van der Waals surface area contributed by atoms with Gasteiger partial charge in [-0.3, -0.25) is 9.78 Å². The fourth-order valence-corrected chi connectivity index (χ4v) is 2.94. The zero-order valence-corrected chi connectivity index (χ0v) is 15.0. The van der Waals surface area contributed by atoms with E-state index >= 15 is 0 Å². The molecule has 0 radical (unpaired) electrons. The van der Waals surface area contributed by atoms with Crippen LogP contribution in [0.15, 0.2) is 42.7 Å². The van der Waals surface area contributed by atoms with Gasteiger partial charge in [0.15, 0.2) is 0 Å². The summed E-state index contributed by atoms with van der Waals surface area (Å²) in [5, 5.41) is 6.29. The Morgan fingerprint density at radius 1 is 1.16 bits per heavy atom. The second kappa shape index (κ2) is 8.01. The van der Waals surface area contributed by atoms with Crippen molar-refractivity contribution in [1.82, 2.24) is 10.3 Å². The number of hydrogen-bond donors (Lipinski definition) is 2.